The lowest BCUT2D eigenvalue weighted by molar-refractivity contribution is 0.0446. The van der Waals surface area contributed by atoms with Gasteiger partial charge in [-0.2, -0.15) is 0 Å². The standard InChI is InChI=1S/C9H5Cl3O2S/c10-9(11,12)8-14-7(13)5-3-1-2-4-6(5)15-8/h1-4,8H. The van der Waals surface area contributed by atoms with Gasteiger partial charge in [0.25, 0.3) is 0 Å². The SMILES string of the molecule is O=C1OC(C(Cl)(Cl)Cl)Sc2ccccc21. The maximum atomic E-state index is 11.5. The highest BCUT2D eigenvalue weighted by atomic mass is 35.6. The summed E-state index contributed by atoms with van der Waals surface area (Å²) in [6, 6.07) is 7.05. The quantitative estimate of drug-likeness (QED) is 0.537. The number of benzene rings is 1. The molecular weight excluding hydrogens is 279 g/mol. The van der Waals surface area contributed by atoms with Crippen LogP contribution in [0.2, 0.25) is 0 Å². The first-order chi connectivity index (χ1) is 6.98. The minimum Gasteiger partial charge on any atom is -0.443 e. The van der Waals surface area contributed by atoms with Crippen molar-refractivity contribution in [2.24, 2.45) is 0 Å². The number of halogens is 3. The van der Waals surface area contributed by atoms with Gasteiger partial charge in [-0.1, -0.05) is 58.7 Å². The number of cyclic esters (lactones) is 1. The van der Waals surface area contributed by atoms with Crippen LogP contribution in [0.1, 0.15) is 10.4 Å². The Hall–Kier alpha value is -0.0900. The normalized spacial score (nSPS) is 20.7. The van der Waals surface area contributed by atoms with Gasteiger partial charge in [0.2, 0.25) is 3.79 Å². The molecule has 1 heterocycles. The second-order valence-electron chi connectivity index (χ2n) is 2.89. The zero-order valence-corrected chi connectivity index (χ0v) is 10.3. The predicted octanol–water partition coefficient (Wildman–Crippen LogP) is 3.65. The largest absolute Gasteiger partial charge is 0.443 e. The van der Waals surface area contributed by atoms with Gasteiger partial charge in [0.15, 0.2) is 5.44 Å². The van der Waals surface area contributed by atoms with Crippen molar-refractivity contribution in [2.45, 2.75) is 14.1 Å². The minimum atomic E-state index is -1.62. The molecule has 1 aliphatic heterocycles. The Bertz CT molecular complexity index is 403. The number of carbonyl (C=O) groups is 1. The zero-order chi connectivity index (χ0) is 11.1. The van der Waals surface area contributed by atoms with Gasteiger partial charge in [0, 0.05) is 4.90 Å². The van der Waals surface area contributed by atoms with Gasteiger partial charge >= 0.3 is 5.97 Å². The fourth-order valence-electron chi connectivity index (χ4n) is 1.17. The van der Waals surface area contributed by atoms with E-state index in [1.807, 2.05) is 6.07 Å². The van der Waals surface area contributed by atoms with Crippen molar-refractivity contribution in [3.8, 4) is 0 Å². The highest BCUT2D eigenvalue weighted by Crippen LogP contribution is 2.45. The van der Waals surface area contributed by atoms with E-state index in [9.17, 15) is 4.79 Å². The predicted molar refractivity (Wildman–Crippen MR) is 61.8 cm³/mol. The van der Waals surface area contributed by atoms with Crippen LogP contribution in [-0.2, 0) is 4.74 Å². The molecule has 0 spiro atoms. The summed E-state index contributed by atoms with van der Waals surface area (Å²) in [5, 5.41) is 0. The van der Waals surface area contributed by atoms with E-state index in [1.165, 1.54) is 11.8 Å². The Labute approximate surface area is 106 Å². The van der Waals surface area contributed by atoms with Crippen LogP contribution in [0.3, 0.4) is 0 Å². The molecule has 6 heteroatoms. The second-order valence-corrected chi connectivity index (χ2v) is 6.37. The summed E-state index contributed by atoms with van der Waals surface area (Å²) in [7, 11) is 0. The van der Waals surface area contributed by atoms with E-state index in [0.29, 0.717) is 5.56 Å². The number of esters is 1. The van der Waals surface area contributed by atoms with Crippen LogP contribution in [0.4, 0.5) is 0 Å². The maximum Gasteiger partial charge on any atom is 0.340 e. The molecule has 0 radical (unpaired) electrons. The van der Waals surface area contributed by atoms with E-state index in [2.05, 4.69) is 0 Å². The van der Waals surface area contributed by atoms with Gasteiger partial charge in [-0.3, -0.25) is 0 Å². The van der Waals surface area contributed by atoms with Gasteiger partial charge in [0.05, 0.1) is 5.56 Å². The summed E-state index contributed by atoms with van der Waals surface area (Å²) in [4.78, 5) is 12.3. The van der Waals surface area contributed by atoms with Crippen LogP contribution in [0.15, 0.2) is 29.2 Å². The summed E-state index contributed by atoms with van der Waals surface area (Å²) >= 11 is 18.3. The molecular formula is C9H5Cl3O2S. The minimum absolute atomic E-state index is 0.458. The van der Waals surface area contributed by atoms with Crippen molar-refractivity contribution in [3.63, 3.8) is 0 Å². The van der Waals surface area contributed by atoms with Gasteiger partial charge in [0.1, 0.15) is 0 Å². The van der Waals surface area contributed by atoms with Crippen molar-refractivity contribution >= 4 is 52.5 Å². The number of carbonyl (C=O) groups excluding carboxylic acids is 1. The molecule has 1 atom stereocenters. The number of ether oxygens (including phenoxy) is 1. The number of thioether (sulfide) groups is 1. The molecule has 2 nitrogen and oxygen atoms in total. The smallest absolute Gasteiger partial charge is 0.340 e. The summed E-state index contributed by atoms with van der Waals surface area (Å²) < 4.78 is 3.39. The van der Waals surface area contributed by atoms with Crippen LogP contribution in [0, 0.1) is 0 Å². The average Bonchev–Trinajstić information content (AvgIpc) is 2.16. The molecule has 80 valence electrons. The summed E-state index contributed by atoms with van der Waals surface area (Å²) in [5.74, 6) is -0.458. The lowest BCUT2D eigenvalue weighted by Crippen LogP contribution is -2.31. The van der Waals surface area contributed by atoms with Gasteiger partial charge < -0.3 is 4.74 Å². The zero-order valence-electron chi connectivity index (χ0n) is 7.25. The lowest BCUT2D eigenvalue weighted by Gasteiger charge is -2.28. The molecule has 15 heavy (non-hydrogen) atoms. The monoisotopic (exact) mass is 282 g/mol. The summed E-state index contributed by atoms with van der Waals surface area (Å²) in [6.07, 6.45) is 0. The van der Waals surface area contributed by atoms with Gasteiger partial charge in [-0.25, -0.2) is 4.79 Å². The number of hydrogen-bond donors (Lipinski definition) is 0. The van der Waals surface area contributed by atoms with Crippen molar-refractivity contribution in [1.82, 2.24) is 0 Å². The lowest BCUT2D eigenvalue weighted by atomic mass is 10.2. The summed E-state index contributed by atoms with van der Waals surface area (Å²) in [5.41, 5.74) is -0.294. The van der Waals surface area contributed by atoms with Crippen LogP contribution in [-0.4, -0.2) is 15.2 Å². The van der Waals surface area contributed by atoms with Gasteiger partial charge in [-0.05, 0) is 12.1 Å². The van der Waals surface area contributed by atoms with E-state index >= 15 is 0 Å². The van der Waals surface area contributed by atoms with E-state index < -0.39 is 15.2 Å². The third kappa shape index (κ3) is 2.36. The molecule has 1 unspecified atom stereocenters. The molecule has 0 aliphatic carbocycles. The van der Waals surface area contributed by atoms with Crippen LogP contribution < -0.4 is 0 Å². The van der Waals surface area contributed by atoms with E-state index in [4.69, 9.17) is 39.5 Å². The van der Waals surface area contributed by atoms with Crippen LogP contribution in [0.25, 0.3) is 0 Å². The van der Waals surface area contributed by atoms with E-state index in [1.54, 1.807) is 18.2 Å². The Balaban J connectivity index is 2.35. The number of rotatable bonds is 0. The molecule has 1 aromatic carbocycles. The summed E-state index contributed by atoms with van der Waals surface area (Å²) in [6.45, 7) is 0. The Morgan fingerprint density at radius 3 is 2.60 bits per heavy atom. The number of alkyl halides is 3. The Kier molecular flexibility index (Phi) is 3.08. The highest BCUT2D eigenvalue weighted by molar-refractivity contribution is 8.00. The first-order valence-electron chi connectivity index (χ1n) is 4.02. The molecule has 0 bridgehead atoms. The maximum absolute atomic E-state index is 11.5. The molecule has 0 saturated heterocycles. The van der Waals surface area contributed by atoms with Crippen molar-refractivity contribution in [1.29, 1.82) is 0 Å². The van der Waals surface area contributed by atoms with Crippen molar-refractivity contribution < 1.29 is 9.53 Å². The molecule has 0 aromatic heterocycles. The average molecular weight is 284 g/mol. The molecule has 0 saturated carbocycles. The topological polar surface area (TPSA) is 26.3 Å². The fourth-order valence-corrected chi connectivity index (χ4v) is 2.64. The fraction of sp³-hybridized carbons (Fsp3) is 0.222. The third-order valence-electron chi connectivity index (χ3n) is 1.82. The highest BCUT2D eigenvalue weighted by Gasteiger charge is 2.40. The van der Waals surface area contributed by atoms with Crippen molar-refractivity contribution in [2.75, 3.05) is 0 Å². The van der Waals surface area contributed by atoms with E-state index in [-0.39, 0.29) is 0 Å². The molecule has 0 fully saturated rings. The van der Waals surface area contributed by atoms with Crippen molar-refractivity contribution in [3.05, 3.63) is 29.8 Å². The number of hydrogen-bond acceptors (Lipinski definition) is 3. The molecule has 1 aromatic rings. The second kappa shape index (κ2) is 4.06. The molecule has 2 rings (SSSR count). The first kappa shape index (κ1) is 11.4. The molecule has 0 amide bonds. The Morgan fingerprint density at radius 1 is 1.27 bits per heavy atom. The molecule has 1 aliphatic rings. The third-order valence-corrected chi connectivity index (χ3v) is 4.08. The first-order valence-corrected chi connectivity index (χ1v) is 6.03. The van der Waals surface area contributed by atoms with Crippen LogP contribution >= 0.6 is 46.6 Å². The van der Waals surface area contributed by atoms with E-state index in [0.717, 1.165) is 4.90 Å². The van der Waals surface area contributed by atoms with Gasteiger partial charge in [-0.15, -0.1) is 0 Å². The Morgan fingerprint density at radius 2 is 1.93 bits per heavy atom. The van der Waals surface area contributed by atoms with Crippen LogP contribution in [0.5, 0.6) is 0 Å². The molecule has 0 N–H and O–H groups in total. The number of fused-ring (bicyclic) bond motifs is 1.